The number of fused-ring (bicyclic) bond motifs is 3. The Kier molecular flexibility index (Phi) is 4.16. The molecule has 0 unspecified atom stereocenters. The maximum Gasteiger partial charge on any atom is 0.0719 e. The SMILES string of the molecule is [2H]C(C)(C)c1ccnc(-c2cccc3c2sc2cc(-c4ccccc4C)ccc23)c1. The molecule has 0 aliphatic rings. The van der Waals surface area contributed by atoms with Crippen molar-refractivity contribution in [2.24, 2.45) is 0 Å². The lowest BCUT2D eigenvalue weighted by molar-refractivity contribution is 0.864. The summed E-state index contributed by atoms with van der Waals surface area (Å²) in [4.78, 5) is 4.64. The van der Waals surface area contributed by atoms with Crippen molar-refractivity contribution in [1.82, 2.24) is 4.98 Å². The van der Waals surface area contributed by atoms with Crippen molar-refractivity contribution in [2.75, 3.05) is 0 Å². The number of aryl methyl sites for hydroxylation is 1. The van der Waals surface area contributed by atoms with E-state index in [1.54, 1.807) is 0 Å². The van der Waals surface area contributed by atoms with Crippen LogP contribution in [0.1, 0.15) is 32.2 Å². The molecule has 0 fully saturated rings. The second-order valence-electron chi connectivity index (χ2n) is 7.74. The molecule has 0 radical (unpaired) electrons. The van der Waals surface area contributed by atoms with Gasteiger partial charge in [0.25, 0.3) is 0 Å². The van der Waals surface area contributed by atoms with Crippen molar-refractivity contribution in [3.8, 4) is 22.4 Å². The van der Waals surface area contributed by atoms with Gasteiger partial charge in [0.1, 0.15) is 0 Å². The summed E-state index contributed by atoms with van der Waals surface area (Å²) >= 11 is 1.82. The monoisotopic (exact) mass is 394 g/mol. The van der Waals surface area contributed by atoms with E-state index in [4.69, 9.17) is 1.37 Å². The molecule has 0 spiro atoms. The number of nitrogens with zero attached hydrogens (tertiary/aromatic N) is 1. The van der Waals surface area contributed by atoms with Crippen molar-refractivity contribution in [3.05, 3.63) is 90.1 Å². The molecule has 5 aromatic rings. The van der Waals surface area contributed by atoms with Crippen LogP contribution >= 0.6 is 11.3 Å². The molecule has 0 bridgehead atoms. The zero-order valence-corrected chi connectivity index (χ0v) is 17.7. The molecular formula is C27H23NS. The van der Waals surface area contributed by atoms with E-state index in [1.165, 1.54) is 36.9 Å². The van der Waals surface area contributed by atoms with Crippen molar-refractivity contribution in [3.63, 3.8) is 0 Å². The van der Waals surface area contributed by atoms with E-state index in [9.17, 15) is 0 Å². The van der Waals surface area contributed by atoms with Gasteiger partial charge in [-0.05, 0) is 53.3 Å². The quantitative estimate of drug-likeness (QED) is 0.300. The van der Waals surface area contributed by atoms with Crippen LogP contribution in [0.25, 0.3) is 42.6 Å². The first-order valence-corrected chi connectivity index (χ1v) is 10.7. The standard InChI is InChI=1S/C27H23NS/c1-17(2)19-13-14-28-25(15-19)24-10-6-9-23-22-12-11-20(16-26(22)29-27(23)24)21-8-5-4-7-18(21)3/h4-17H,1-3H3/i17D. The number of hydrogen-bond donors (Lipinski definition) is 0. The smallest absolute Gasteiger partial charge is 0.0719 e. The fourth-order valence-corrected chi connectivity index (χ4v) is 5.22. The van der Waals surface area contributed by atoms with Gasteiger partial charge in [0.05, 0.1) is 5.69 Å². The van der Waals surface area contributed by atoms with E-state index < -0.39 is 5.89 Å². The molecule has 29 heavy (non-hydrogen) atoms. The third-order valence-corrected chi connectivity index (χ3v) is 6.77. The first-order valence-electron chi connectivity index (χ1n) is 10.4. The minimum atomic E-state index is -0.645. The molecule has 0 saturated heterocycles. The Balaban J connectivity index is 1.71. The summed E-state index contributed by atoms with van der Waals surface area (Å²) in [5.41, 5.74) is 6.88. The number of aromatic nitrogens is 1. The molecular weight excluding hydrogens is 370 g/mol. The van der Waals surface area contributed by atoms with Gasteiger partial charge in [-0.1, -0.05) is 68.4 Å². The summed E-state index contributed by atoms with van der Waals surface area (Å²) in [5.74, 6) is -0.645. The van der Waals surface area contributed by atoms with Gasteiger partial charge in [-0.15, -0.1) is 11.3 Å². The molecule has 3 aromatic carbocycles. The minimum absolute atomic E-state index is 0.645. The second kappa shape index (κ2) is 7.13. The Labute approximate surface area is 177 Å². The van der Waals surface area contributed by atoms with Crippen molar-refractivity contribution in [1.29, 1.82) is 0 Å². The Morgan fingerprint density at radius 3 is 2.52 bits per heavy atom. The normalized spacial score (nSPS) is 12.4. The van der Waals surface area contributed by atoms with Crippen LogP contribution in [0.15, 0.2) is 79.0 Å². The highest BCUT2D eigenvalue weighted by Gasteiger charge is 2.13. The van der Waals surface area contributed by atoms with Crippen molar-refractivity contribution < 1.29 is 1.37 Å². The largest absolute Gasteiger partial charge is 0.256 e. The number of rotatable bonds is 3. The average molecular weight is 395 g/mol. The predicted molar refractivity (Wildman–Crippen MR) is 127 cm³/mol. The van der Waals surface area contributed by atoms with Gasteiger partial charge in [-0.3, -0.25) is 4.98 Å². The molecule has 0 aliphatic heterocycles. The second-order valence-corrected chi connectivity index (χ2v) is 8.79. The average Bonchev–Trinajstić information content (AvgIpc) is 3.11. The summed E-state index contributed by atoms with van der Waals surface area (Å²) in [7, 11) is 0. The summed E-state index contributed by atoms with van der Waals surface area (Å²) < 4.78 is 10.9. The molecule has 1 nitrogen and oxygen atoms in total. The zero-order valence-electron chi connectivity index (χ0n) is 17.9. The topological polar surface area (TPSA) is 12.9 Å². The number of thiophene rings is 1. The minimum Gasteiger partial charge on any atom is -0.256 e. The van der Waals surface area contributed by atoms with Crippen LogP contribution in [0.4, 0.5) is 0 Å². The Morgan fingerprint density at radius 1 is 0.862 bits per heavy atom. The van der Waals surface area contributed by atoms with Crippen LogP contribution in [0, 0.1) is 6.92 Å². The van der Waals surface area contributed by atoms with Crippen molar-refractivity contribution in [2.45, 2.75) is 26.7 Å². The molecule has 0 atom stereocenters. The maximum absolute atomic E-state index is 8.38. The van der Waals surface area contributed by atoms with Gasteiger partial charge in [0, 0.05) is 33.3 Å². The van der Waals surface area contributed by atoms with Crippen LogP contribution in [-0.2, 0) is 0 Å². The summed E-state index contributed by atoms with van der Waals surface area (Å²) in [5, 5.41) is 2.55. The third-order valence-electron chi connectivity index (χ3n) is 5.57. The highest BCUT2D eigenvalue weighted by Crippen LogP contribution is 2.41. The highest BCUT2D eigenvalue weighted by atomic mass is 32.1. The summed E-state index contributed by atoms with van der Waals surface area (Å²) in [6.45, 7) is 5.99. The molecule has 142 valence electrons. The van der Waals surface area contributed by atoms with E-state index in [2.05, 4.69) is 78.6 Å². The van der Waals surface area contributed by atoms with Crippen LogP contribution in [0.5, 0.6) is 0 Å². The molecule has 0 N–H and O–H groups in total. The lowest BCUT2D eigenvalue weighted by atomic mass is 9.98. The molecule has 0 saturated carbocycles. The van der Waals surface area contributed by atoms with Gasteiger partial charge < -0.3 is 0 Å². The van der Waals surface area contributed by atoms with Gasteiger partial charge in [-0.2, -0.15) is 0 Å². The van der Waals surface area contributed by atoms with E-state index >= 15 is 0 Å². The van der Waals surface area contributed by atoms with Gasteiger partial charge in [0.2, 0.25) is 0 Å². The van der Waals surface area contributed by atoms with E-state index in [-0.39, 0.29) is 0 Å². The molecule has 2 aromatic heterocycles. The first kappa shape index (κ1) is 16.9. The lowest BCUT2D eigenvalue weighted by Gasteiger charge is -2.08. The number of hydrogen-bond acceptors (Lipinski definition) is 2. The molecule has 0 amide bonds. The van der Waals surface area contributed by atoms with Crippen LogP contribution in [-0.4, -0.2) is 4.98 Å². The first-order chi connectivity index (χ1) is 14.4. The van der Waals surface area contributed by atoms with Crippen LogP contribution in [0.3, 0.4) is 0 Å². The Bertz CT molecular complexity index is 1390. The number of benzene rings is 3. The van der Waals surface area contributed by atoms with Crippen molar-refractivity contribution >= 4 is 31.5 Å². The fourth-order valence-electron chi connectivity index (χ4n) is 3.95. The molecule has 0 aliphatic carbocycles. The fraction of sp³-hybridized carbons (Fsp3) is 0.148. The Hall–Kier alpha value is -2.97. The summed E-state index contributed by atoms with van der Waals surface area (Å²) in [6.07, 6.45) is 1.82. The van der Waals surface area contributed by atoms with Gasteiger partial charge in [-0.25, -0.2) is 0 Å². The predicted octanol–water partition coefficient (Wildman–Crippen LogP) is 8.22. The van der Waals surface area contributed by atoms with Gasteiger partial charge >= 0.3 is 0 Å². The molecule has 2 heteroatoms. The van der Waals surface area contributed by atoms with Crippen LogP contribution in [0.2, 0.25) is 0 Å². The maximum atomic E-state index is 8.38. The van der Waals surface area contributed by atoms with E-state index in [0.717, 1.165) is 16.8 Å². The molecule has 2 heterocycles. The zero-order chi connectivity index (χ0) is 20.9. The van der Waals surface area contributed by atoms with E-state index in [0.29, 0.717) is 0 Å². The van der Waals surface area contributed by atoms with Gasteiger partial charge in [0.15, 0.2) is 0 Å². The lowest BCUT2D eigenvalue weighted by Crippen LogP contribution is -1.90. The highest BCUT2D eigenvalue weighted by molar-refractivity contribution is 7.26. The summed E-state index contributed by atoms with van der Waals surface area (Å²) in [6, 6.07) is 25.8. The molecule has 5 rings (SSSR count). The third kappa shape index (κ3) is 3.14. The van der Waals surface area contributed by atoms with Crippen LogP contribution < -0.4 is 0 Å². The van der Waals surface area contributed by atoms with E-state index in [1.807, 2.05) is 37.4 Å². The number of pyridine rings is 1. The Morgan fingerprint density at radius 2 is 1.69 bits per heavy atom.